The molecule has 0 spiro atoms. The average Bonchev–Trinajstić information content (AvgIpc) is 3.21. The molecule has 182 valence electrons. The number of nitrogens with one attached hydrogen (secondary N) is 1. The number of rotatable bonds is 10. The van der Waals surface area contributed by atoms with Crippen molar-refractivity contribution in [3.63, 3.8) is 0 Å². The van der Waals surface area contributed by atoms with Crippen LogP contribution in [0.1, 0.15) is 19.7 Å². The van der Waals surface area contributed by atoms with Crippen LogP contribution in [0.4, 0.5) is 4.39 Å². The van der Waals surface area contributed by atoms with Gasteiger partial charge in [-0.15, -0.1) is 0 Å². The van der Waals surface area contributed by atoms with Crippen molar-refractivity contribution in [2.24, 2.45) is 0 Å². The summed E-state index contributed by atoms with van der Waals surface area (Å²) in [5, 5.41) is 3.32. The van der Waals surface area contributed by atoms with Gasteiger partial charge in [-0.25, -0.2) is 9.37 Å². The number of halogens is 1. The van der Waals surface area contributed by atoms with E-state index in [0.717, 1.165) is 16.9 Å². The molecule has 0 radical (unpaired) electrons. The Hall–Kier alpha value is -3.01. The Kier molecular flexibility index (Phi) is 8.10. The number of morpholine rings is 1. The maximum atomic E-state index is 13.2. The number of fused-ring (bicyclic) bond motifs is 1. The average molecular weight is 471 g/mol. The quantitative estimate of drug-likeness (QED) is 0.458. The molecule has 0 aliphatic carbocycles. The molecule has 0 unspecified atom stereocenters. The molecule has 1 aliphatic rings. The number of carbonyl (C=O) groups is 1. The number of amides is 1. The normalized spacial score (nSPS) is 15.0. The molecule has 1 N–H and O–H groups in total. The van der Waals surface area contributed by atoms with Gasteiger partial charge >= 0.3 is 0 Å². The summed E-state index contributed by atoms with van der Waals surface area (Å²) in [6.07, 6.45) is 0. The van der Waals surface area contributed by atoms with E-state index in [1.807, 2.05) is 36.9 Å². The minimum absolute atomic E-state index is 0.0651. The molecule has 0 saturated carbocycles. The van der Waals surface area contributed by atoms with E-state index in [9.17, 15) is 9.18 Å². The van der Waals surface area contributed by atoms with E-state index in [0.29, 0.717) is 64.1 Å². The smallest absolute Gasteiger partial charge is 0.239 e. The Morgan fingerprint density at radius 3 is 2.65 bits per heavy atom. The fourth-order valence-corrected chi connectivity index (χ4v) is 3.93. The highest BCUT2D eigenvalue weighted by Gasteiger charge is 2.23. The lowest BCUT2D eigenvalue weighted by molar-refractivity contribution is -0.137. The van der Waals surface area contributed by atoms with Crippen LogP contribution in [0.3, 0.4) is 0 Å². The van der Waals surface area contributed by atoms with Crippen molar-refractivity contribution in [2.75, 3.05) is 39.5 Å². The molecule has 3 aromatic rings. The van der Waals surface area contributed by atoms with Crippen LogP contribution in [0.25, 0.3) is 11.0 Å². The molecule has 1 atom stereocenters. The van der Waals surface area contributed by atoms with Gasteiger partial charge < -0.3 is 23.7 Å². The monoisotopic (exact) mass is 470 g/mol. The summed E-state index contributed by atoms with van der Waals surface area (Å²) in [7, 11) is 0. The van der Waals surface area contributed by atoms with Crippen LogP contribution in [0.5, 0.6) is 11.5 Å². The molecule has 1 saturated heterocycles. The third-order valence-corrected chi connectivity index (χ3v) is 5.77. The predicted octanol–water partition coefficient (Wildman–Crippen LogP) is 3.34. The van der Waals surface area contributed by atoms with Gasteiger partial charge in [0.1, 0.15) is 23.1 Å². The Labute approximate surface area is 198 Å². The first-order valence-electron chi connectivity index (χ1n) is 11.7. The second-order valence-corrected chi connectivity index (χ2v) is 8.12. The molecule has 1 fully saturated rings. The second-order valence-electron chi connectivity index (χ2n) is 8.12. The number of hydrogen-bond acceptors (Lipinski definition) is 6. The van der Waals surface area contributed by atoms with E-state index in [-0.39, 0.29) is 17.8 Å². The van der Waals surface area contributed by atoms with Gasteiger partial charge in [-0.2, -0.15) is 0 Å². The van der Waals surface area contributed by atoms with Crippen molar-refractivity contribution in [1.29, 1.82) is 0 Å². The van der Waals surface area contributed by atoms with Gasteiger partial charge in [-0.3, -0.25) is 10.1 Å². The fourth-order valence-electron chi connectivity index (χ4n) is 3.93. The lowest BCUT2D eigenvalue weighted by Crippen LogP contribution is -2.49. The fraction of sp³-hybridized carbons (Fsp3) is 0.440. The summed E-state index contributed by atoms with van der Waals surface area (Å²) in [5.74, 6) is 1.76. The van der Waals surface area contributed by atoms with Gasteiger partial charge in [0.25, 0.3) is 0 Å². The molecular weight excluding hydrogens is 439 g/mol. The van der Waals surface area contributed by atoms with Crippen molar-refractivity contribution in [2.45, 2.75) is 33.0 Å². The summed E-state index contributed by atoms with van der Waals surface area (Å²) in [5.41, 5.74) is 1.73. The number of nitrogens with zero attached hydrogens (tertiary/aromatic N) is 3. The molecule has 2 aromatic carbocycles. The van der Waals surface area contributed by atoms with Crippen LogP contribution in [0.15, 0.2) is 42.5 Å². The summed E-state index contributed by atoms with van der Waals surface area (Å²) < 4.78 is 32.1. The third kappa shape index (κ3) is 5.91. The van der Waals surface area contributed by atoms with Crippen LogP contribution in [0.2, 0.25) is 0 Å². The van der Waals surface area contributed by atoms with E-state index in [4.69, 9.17) is 19.2 Å². The van der Waals surface area contributed by atoms with Gasteiger partial charge in [-0.05, 0) is 50.2 Å². The highest BCUT2D eigenvalue weighted by Crippen LogP contribution is 2.27. The molecule has 0 bridgehead atoms. The Bertz CT molecular complexity index is 1100. The Morgan fingerprint density at radius 2 is 1.91 bits per heavy atom. The van der Waals surface area contributed by atoms with Crippen molar-refractivity contribution in [3.05, 3.63) is 54.1 Å². The van der Waals surface area contributed by atoms with E-state index >= 15 is 0 Å². The molecule has 2 heterocycles. The summed E-state index contributed by atoms with van der Waals surface area (Å²) in [6.45, 7) is 8.46. The van der Waals surface area contributed by atoms with Gasteiger partial charge in [-0.1, -0.05) is 0 Å². The zero-order valence-electron chi connectivity index (χ0n) is 19.6. The molecule has 9 heteroatoms. The molecule has 34 heavy (non-hydrogen) atoms. The van der Waals surface area contributed by atoms with E-state index in [2.05, 4.69) is 9.88 Å². The SMILES string of the molecule is CCOCCn1c(CN[C@@H](C)C(=O)N2CCOCC2)nc2ccc(Oc3ccc(F)cc3)cc21. The van der Waals surface area contributed by atoms with Crippen LogP contribution in [0, 0.1) is 5.82 Å². The van der Waals surface area contributed by atoms with Crippen LogP contribution in [-0.4, -0.2) is 65.9 Å². The predicted molar refractivity (Wildman–Crippen MR) is 126 cm³/mol. The zero-order valence-corrected chi connectivity index (χ0v) is 19.6. The minimum Gasteiger partial charge on any atom is -0.457 e. The number of carbonyl (C=O) groups excluding carboxylic acids is 1. The minimum atomic E-state index is -0.337. The van der Waals surface area contributed by atoms with Crippen molar-refractivity contribution >= 4 is 16.9 Å². The first kappa shape index (κ1) is 24.1. The van der Waals surface area contributed by atoms with Crippen LogP contribution < -0.4 is 10.1 Å². The molecule has 4 rings (SSSR count). The van der Waals surface area contributed by atoms with Gasteiger partial charge in [0.15, 0.2) is 0 Å². The van der Waals surface area contributed by atoms with Crippen molar-refractivity contribution in [1.82, 2.24) is 19.8 Å². The van der Waals surface area contributed by atoms with E-state index < -0.39 is 0 Å². The van der Waals surface area contributed by atoms with Crippen LogP contribution >= 0.6 is 0 Å². The first-order valence-corrected chi connectivity index (χ1v) is 11.7. The molecule has 1 aliphatic heterocycles. The highest BCUT2D eigenvalue weighted by atomic mass is 19.1. The lowest BCUT2D eigenvalue weighted by Gasteiger charge is -2.29. The number of imidazole rings is 1. The lowest BCUT2D eigenvalue weighted by atomic mass is 10.2. The maximum Gasteiger partial charge on any atom is 0.239 e. The van der Waals surface area contributed by atoms with Crippen molar-refractivity contribution < 1.29 is 23.4 Å². The van der Waals surface area contributed by atoms with Gasteiger partial charge in [0.2, 0.25) is 5.91 Å². The molecular formula is C25H31FN4O4. The number of ether oxygens (including phenoxy) is 3. The number of hydrogen-bond donors (Lipinski definition) is 1. The summed E-state index contributed by atoms with van der Waals surface area (Å²) in [6, 6.07) is 11.2. The zero-order chi connectivity index (χ0) is 23.9. The Balaban J connectivity index is 1.51. The van der Waals surface area contributed by atoms with E-state index in [1.54, 1.807) is 12.1 Å². The molecule has 1 aromatic heterocycles. The third-order valence-electron chi connectivity index (χ3n) is 5.77. The highest BCUT2D eigenvalue weighted by molar-refractivity contribution is 5.81. The maximum absolute atomic E-state index is 13.2. The molecule has 8 nitrogen and oxygen atoms in total. The standard InChI is InChI=1S/C25H31FN4O4/c1-3-32-15-12-30-23-16-21(34-20-6-4-19(26)5-7-20)8-9-22(23)28-24(30)17-27-18(2)25(31)29-10-13-33-14-11-29/h4-9,16,18,27H,3,10-15,17H2,1-2H3/t18-/m0/s1. The van der Waals surface area contributed by atoms with Crippen LogP contribution in [-0.2, 0) is 27.4 Å². The summed E-state index contributed by atoms with van der Waals surface area (Å²) in [4.78, 5) is 19.4. The van der Waals surface area contributed by atoms with Crippen molar-refractivity contribution in [3.8, 4) is 11.5 Å². The molecule has 1 amide bonds. The van der Waals surface area contributed by atoms with Gasteiger partial charge in [0, 0.05) is 32.3 Å². The Morgan fingerprint density at radius 1 is 1.18 bits per heavy atom. The second kappa shape index (κ2) is 11.4. The number of benzene rings is 2. The van der Waals surface area contributed by atoms with Gasteiger partial charge in [0.05, 0.1) is 43.4 Å². The first-order chi connectivity index (χ1) is 16.5. The number of aromatic nitrogens is 2. The van der Waals surface area contributed by atoms with E-state index in [1.165, 1.54) is 12.1 Å². The topological polar surface area (TPSA) is 77.9 Å². The largest absolute Gasteiger partial charge is 0.457 e. The summed E-state index contributed by atoms with van der Waals surface area (Å²) >= 11 is 0.